The molecule has 23 heavy (non-hydrogen) atoms. The molecular weight excluding hydrogens is 276 g/mol. The lowest BCUT2D eigenvalue weighted by atomic mass is 9.86. The van der Waals surface area contributed by atoms with E-state index in [0.717, 1.165) is 6.42 Å². The smallest absolute Gasteiger partial charge is 0.00576 e. The van der Waals surface area contributed by atoms with Crippen LogP contribution in [-0.4, -0.2) is 0 Å². The van der Waals surface area contributed by atoms with Crippen molar-refractivity contribution in [2.75, 3.05) is 0 Å². The third-order valence-electron chi connectivity index (χ3n) is 5.02. The van der Waals surface area contributed by atoms with E-state index in [9.17, 15) is 0 Å². The van der Waals surface area contributed by atoms with Gasteiger partial charge in [0.15, 0.2) is 0 Å². The molecule has 0 N–H and O–H groups in total. The minimum atomic E-state index is 0.544. The van der Waals surface area contributed by atoms with Crippen molar-refractivity contribution in [2.45, 2.75) is 59.3 Å². The molecule has 0 aliphatic heterocycles. The van der Waals surface area contributed by atoms with E-state index in [-0.39, 0.29) is 0 Å². The van der Waals surface area contributed by atoms with Crippen LogP contribution < -0.4 is 0 Å². The highest BCUT2D eigenvalue weighted by atomic mass is 14.3. The van der Waals surface area contributed by atoms with Gasteiger partial charge >= 0.3 is 0 Å². The lowest BCUT2D eigenvalue weighted by Gasteiger charge is -2.18. The third-order valence-corrected chi connectivity index (χ3v) is 5.02. The van der Waals surface area contributed by atoms with Gasteiger partial charge in [0.25, 0.3) is 0 Å². The van der Waals surface area contributed by atoms with Crippen LogP contribution >= 0.6 is 0 Å². The third kappa shape index (κ3) is 3.13. The molecule has 1 aliphatic carbocycles. The Labute approximate surface area is 141 Å². The van der Waals surface area contributed by atoms with Gasteiger partial charge in [0.1, 0.15) is 0 Å². The summed E-state index contributed by atoms with van der Waals surface area (Å²) < 4.78 is 0. The Morgan fingerprint density at radius 1 is 1.04 bits per heavy atom. The molecule has 0 unspecified atom stereocenters. The van der Waals surface area contributed by atoms with Crippen LogP contribution in [0.2, 0.25) is 0 Å². The predicted molar refractivity (Wildman–Crippen MR) is 102 cm³/mol. The van der Waals surface area contributed by atoms with Crippen LogP contribution in [0.15, 0.2) is 42.0 Å². The molecule has 2 aromatic rings. The lowest BCUT2D eigenvalue weighted by molar-refractivity contribution is 0.779. The maximum atomic E-state index is 2.48. The number of allylic oxidation sites excluding steroid dienone is 1. The first kappa shape index (κ1) is 16.1. The molecule has 0 saturated heterocycles. The number of hydrogen-bond acceptors (Lipinski definition) is 0. The molecule has 0 saturated carbocycles. The van der Waals surface area contributed by atoms with Gasteiger partial charge in [0.05, 0.1) is 0 Å². The summed E-state index contributed by atoms with van der Waals surface area (Å²) in [5.74, 6) is 0.544. The van der Waals surface area contributed by atoms with Gasteiger partial charge in [-0.25, -0.2) is 0 Å². The average Bonchev–Trinajstić information content (AvgIpc) is 2.95. The van der Waals surface area contributed by atoms with E-state index < -0.39 is 0 Å². The van der Waals surface area contributed by atoms with Crippen LogP contribution in [0.5, 0.6) is 0 Å². The summed E-state index contributed by atoms with van der Waals surface area (Å²) in [6, 6.07) is 13.6. The molecule has 0 heteroatoms. The van der Waals surface area contributed by atoms with Crippen molar-refractivity contribution >= 4 is 6.08 Å². The summed E-state index contributed by atoms with van der Waals surface area (Å²) in [6.07, 6.45) is 7.45. The standard InChI is InChI=1S/C23H28/c1-5-6-10-18-14-19-12-13-20(16(2)3)23(22(19)15-18)21-11-8-7-9-17(21)4/h7-9,11-13,15-16H,5-6,10,14H2,1-4H3. The van der Waals surface area contributed by atoms with E-state index in [2.05, 4.69) is 70.2 Å². The zero-order valence-electron chi connectivity index (χ0n) is 14.9. The summed E-state index contributed by atoms with van der Waals surface area (Å²) in [7, 11) is 0. The van der Waals surface area contributed by atoms with Crippen molar-refractivity contribution in [2.24, 2.45) is 0 Å². The highest BCUT2D eigenvalue weighted by molar-refractivity contribution is 5.84. The topological polar surface area (TPSA) is 0 Å². The van der Waals surface area contributed by atoms with Gasteiger partial charge in [0, 0.05) is 0 Å². The maximum absolute atomic E-state index is 2.48. The molecular formula is C23H28. The van der Waals surface area contributed by atoms with Crippen LogP contribution in [0.4, 0.5) is 0 Å². The van der Waals surface area contributed by atoms with E-state index in [0.29, 0.717) is 5.92 Å². The Kier molecular flexibility index (Phi) is 4.71. The van der Waals surface area contributed by atoms with Gasteiger partial charge in [-0.3, -0.25) is 0 Å². The van der Waals surface area contributed by atoms with E-state index in [1.165, 1.54) is 52.6 Å². The molecule has 120 valence electrons. The minimum Gasteiger partial charge on any atom is -0.0654 e. The zero-order chi connectivity index (χ0) is 16.4. The molecule has 0 fully saturated rings. The molecule has 0 bridgehead atoms. The second-order valence-electron chi connectivity index (χ2n) is 7.16. The molecule has 0 amide bonds. The number of aryl methyl sites for hydroxylation is 1. The number of unbranched alkanes of at least 4 members (excludes halogenated alkanes) is 1. The SMILES string of the molecule is CCCCC1=Cc2c(ccc(C(C)C)c2-c2ccccc2C)C1. The maximum Gasteiger partial charge on any atom is -0.00576 e. The first-order chi connectivity index (χ1) is 11.1. The van der Waals surface area contributed by atoms with Crippen molar-refractivity contribution in [1.29, 1.82) is 0 Å². The number of benzene rings is 2. The van der Waals surface area contributed by atoms with Gasteiger partial charge in [-0.05, 0) is 65.5 Å². The fraction of sp³-hybridized carbons (Fsp3) is 0.391. The normalized spacial score (nSPS) is 13.3. The van der Waals surface area contributed by atoms with Crippen molar-refractivity contribution in [3.8, 4) is 11.1 Å². The lowest BCUT2D eigenvalue weighted by Crippen LogP contribution is -1.98. The molecule has 3 rings (SSSR count). The van der Waals surface area contributed by atoms with Crippen molar-refractivity contribution < 1.29 is 0 Å². The van der Waals surface area contributed by atoms with E-state index in [1.54, 1.807) is 5.57 Å². The Morgan fingerprint density at radius 3 is 2.52 bits per heavy atom. The Hall–Kier alpha value is -1.82. The molecule has 0 nitrogen and oxygen atoms in total. The van der Waals surface area contributed by atoms with Gasteiger partial charge in [-0.2, -0.15) is 0 Å². The molecule has 1 aliphatic rings. The number of hydrogen-bond donors (Lipinski definition) is 0. The van der Waals surface area contributed by atoms with E-state index in [4.69, 9.17) is 0 Å². The quantitative estimate of drug-likeness (QED) is 0.562. The highest BCUT2D eigenvalue weighted by Crippen LogP contribution is 2.41. The van der Waals surface area contributed by atoms with Gasteiger partial charge < -0.3 is 0 Å². The van der Waals surface area contributed by atoms with Crippen LogP contribution in [0.1, 0.15) is 68.2 Å². The number of rotatable bonds is 5. The summed E-state index contributed by atoms with van der Waals surface area (Å²) in [4.78, 5) is 0. The second-order valence-corrected chi connectivity index (χ2v) is 7.16. The van der Waals surface area contributed by atoms with E-state index in [1.807, 2.05) is 0 Å². The molecule has 2 aromatic carbocycles. The van der Waals surface area contributed by atoms with Crippen LogP contribution in [0.3, 0.4) is 0 Å². The van der Waals surface area contributed by atoms with E-state index >= 15 is 0 Å². The van der Waals surface area contributed by atoms with Crippen LogP contribution in [0, 0.1) is 6.92 Å². The molecule has 0 spiro atoms. The van der Waals surface area contributed by atoms with Crippen molar-refractivity contribution in [3.05, 3.63) is 64.2 Å². The molecule has 0 atom stereocenters. The molecule has 0 heterocycles. The van der Waals surface area contributed by atoms with Gasteiger partial charge in [-0.1, -0.05) is 75.2 Å². The van der Waals surface area contributed by atoms with Gasteiger partial charge in [0.2, 0.25) is 0 Å². The first-order valence-corrected chi connectivity index (χ1v) is 9.03. The fourth-order valence-corrected chi connectivity index (χ4v) is 3.70. The largest absolute Gasteiger partial charge is 0.0654 e. The summed E-state index contributed by atoms with van der Waals surface area (Å²) in [6.45, 7) is 9.12. The number of fused-ring (bicyclic) bond motifs is 1. The average molecular weight is 304 g/mol. The molecule has 0 aromatic heterocycles. The summed E-state index contributed by atoms with van der Waals surface area (Å²) in [5.41, 5.74) is 10.3. The zero-order valence-corrected chi connectivity index (χ0v) is 14.9. The van der Waals surface area contributed by atoms with Crippen LogP contribution in [-0.2, 0) is 6.42 Å². The van der Waals surface area contributed by atoms with Crippen molar-refractivity contribution in [3.63, 3.8) is 0 Å². The van der Waals surface area contributed by atoms with Crippen molar-refractivity contribution in [1.82, 2.24) is 0 Å². The Morgan fingerprint density at radius 2 is 1.83 bits per heavy atom. The first-order valence-electron chi connectivity index (χ1n) is 9.03. The van der Waals surface area contributed by atoms with Gasteiger partial charge in [-0.15, -0.1) is 0 Å². The summed E-state index contributed by atoms with van der Waals surface area (Å²) in [5, 5.41) is 0. The van der Waals surface area contributed by atoms with Crippen LogP contribution in [0.25, 0.3) is 17.2 Å². The summed E-state index contributed by atoms with van der Waals surface area (Å²) >= 11 is 0. The fourth-order valence-electron chi connectivity index (χ4n) is 3.70. The Balaban J connectivity index is 2.16. The monoisotopic (exact) mass is 304 g/mol. The predicted octanol–water partition coefficient (Wildman–Crippen LogP) is 6.92. The highest BCUT2D eigenvalue weighted by Gasteiger charge is 2.21. The minimum absolute atomic E-state index is 0.544. The second kappa shape index (κ2) is 6.74. The molecule has 0 radical (unpaired) electrons. The Bertz CT molecular complexity index is 732.